The standard InChI is InChI=1S/C15H16F2N4O2S/c1-3-6-21-13(8-23-2)19-20-15(21)24-9-14(22)18-12-5-4-10(16)7-11(12)17/h3-5,7H,1,6,8-9H2,2H3,(H,18,22). The van der Waals surface area contributed by atoms with E-state index < -0.39 is 17.5 Å². The number of aromatic nitrogens is 3. The van der Waals surface area contributed by atoms with Crippen LogP contribution in [0.15, 0.2) is 36.0 Å². The van der Waals surface area contributed by atoms with E-state index in [2.05, 4.69) is 22.1 Å². The zero-order valence-electron chi connectivity index (χ0n) is 13.0. The van der Waals surface area contributed by atoms with E-state index in [0.29, 0.717) is 23.6 Å². The van der Waals surface area contributed by atoms with Crippen LogP contribution in [0.3, 0.4) is 0 Å². The van der Waals surface area contributed by atoms with Gasteiger partial charge in [-0.15, -0.1) is 16.8 Å². The van der Waals surface area contributed by atoms with Gasteiger partial charge in [-0.1, -0.05) is 17.8 Å². The first-order valence-electron chi connectivity index (χ1n) is 6.94. The van der Waals surface area contributed by atoms with Gasteiger partial charge in [-0.05, 0) is 12.1 Å². The number of methoxy groups -OCH3 is 1. The van der Waals surface area contributed by atoms with Gasteiger partial charge in [-0.2, -0.15) is 0 Å². The van der Waals surface area contributed by atoms with Crippen molar-refractivity contribution < 1.29 is 18.3 Å². The fraction of sp³-hybridized carbons (Fsp3) is 0.267. The van der Waals surface area contributed by atoms with Gasteiger partial charge in [0.05, 0.1) is 11.4 Å². The third-order valence-corrected chi connectivity index (χ3v) is 3.88. The Hall–Kier alpha value is -2.26. The van der Waals surface area contributed by atoms with Crippen LogP contribution in [0.5, 0.6) is 0 Å². The summed E-state index contributed by atoms with van der Waals surface area (Å²) in [4.78, 5) is 11.9. The highest BCUT2D eigenvalue weighted by Gasteiger charge is 2.14. The average Bonchev–Trinajstić information content (AvgIpc) is 2.91. The monoisotopic (exact) mass is 354 g/mol. The van der Waals surface area contributed by atoms with Gasteiger partial charge in [-0.25, -0.2) is 8.78 Å². The van der Waals surface area contributed by atoms with E-state index >= 15 is 0 Å². The molecule has 0 bridgehead atoms. The van der Waals surface area contributed by atoms with E-state index in [0.717, 1.165) is 17.8 Å². The molecule has 0 saturated carbocycles. The number of allylic oxidation sites excluding steroid dienone is 1. The zero-order chi connectivity index (χ0) is 17.5. The van der Waals surface area contributed by atoms with Gasteiger partial charge in [0.2, 0.25) is 5.91 Å². The molecule has 1 heterocycles. The van der Waals surface area contributed by atoms with E-state index in [9.17, 15) is 13.6 Å². The van der Waals surface area contributed by atoms with E-state index in [4.69, 9.17) is 4.74 Å². The van der Waals surface area contributed by atoms with Gasteiger partial charge in [0.1, 0.15) is 18.2 Å². The van der Waals surface area contributed by atoms with Crippen molar-refractivity contribution in [2.24, 2.45) is 0 Å². The van der Waals surface area contributed by atoms with Gasteiger partial charge >= 0.3 is 0 Å². The summed E-state index contributed by atoms with van der Waals surface area (Å²) in [5.41, 5.74) is -0.0744. The molecule has 24 heavy (non-hydrogen) atoms. The molecule has 0 aliphatic carbocycles. The Bertz CT molecular complexity index is 736. The molecule has 0 saturated heterocycles. The minimum Gasteiger partial charge on any atom is -0.377 e. The van der Waals surface area contributed by atoms with E-state index in [1.807, 2.05) is 0 Å². The second-order valence-electron chi connectivity index (χ2n) is 4.69. The highest BCUT2D eigenvalue weighted by molar-refractivity contribution is 7.99. The number of thioether (sulfide) groups is 1. The first kappa shape index (κ1) is 18.1. The Morgan fingerprint density at radius 2 is 2.25 bits per heavy atom. The van der Waals surface area contributed by atoms with Crippen LogP contribution in [-0.2, 0) is 22.7 Å². The summed E-state index contributed by atoms with van der Waals surface area (Å²) in [7, 11) is 1.55. The third-order valence-electron chi connectivity index (χ3n) is 2.92. The Morgan fingerprint density at radius 3 is 2.92 bits per heavy atom. The lowest BCUT2D eigenvalue weighted by molar-refractivity contribution is -0.113. The maximum absolute atomic E-state index is 13.5. The number of carbonyl (C=O) groups is 1. The average molecular weight is 354 g/mol. The molecule has 9 heteroatoms. The van der Waals surface area contributed by atoms with Crippen molar-refractivity contribution in [2.75, 3.05) is 18.2 Å². The number of amides is 1. The quantitative estimate of drug-likeness (QED) is 0.583. The molecule has 1 N–H and O–H groups in total. The third kappa shape index (κ3) is 4.62. The van der Waals surface area contributed by atoms with Gasteiger partial charge < -0.3 is 14.6 Å². The Balaban J connectivity index is 1.99. The lowest BCUT2D eigenvalue weighted by Gasteiger charge is -2.08. The largest absolute Gasteiger partial charge is 0.377 e. The molecule has 0 radical (unpaired) electrons. The minimum absolute atomic E-state index is 0.000918. The van der Waals surface area contributed by atoms with Crippen molar-refractivity contribution in [3.05, 3.63) is 48.3 Å². The second kappa shape index (κ2) is 8.55. The van der Waals surface area contributed by atoms with Crippen molar-refractivity contribution in [1.82, 2.24) is 14.8 Å². The molecule has 1 aromatic heterocycles. The van der Waals surface area contributed by atoms with Crippen molar-refractivity contribution in [2.45, 2.75) is 18.3 Å². The van der Waals surface area contributed by atoms with Crippen LogP contribution in [0.25, 0.3) is 0 Å². The normalized spacial score (nSPS) is 10.6. The molecule has 0 spiro atoms. The summed E-state index contributed by atoms with van der Waals surface area (Å²) in [6, 6.07) is 2.95. The molecule has 2 rings (SSSR count). The molecule has 0 aliphatic heterocycles. The molecule has 0 aliphatic rings. The predicted octanol–water partition coefficient (Wildman–Crippen LogP) is 2.62. The Labute approximate surface area is 141 Å². The first-order chi connectivity index (χ1) is 11.5. The zero-order valence-corrected chi connectivity index (χ0v) is 13.8. The maximum atomic E-state index is 13.5. The summed E-state index contributed by atoms with van der Waals surface area (Å²) in [5.74, 6) is -1.36. The van der Waals surface area contributed by atoms with E-state index in [-0.39, 0.29) is 18.0 Å². The Morgan fingerprint density at radius 1 is 1.46 bits per heavy atom. The molecule has 0 fully saturated rings. The smallest absolute Gasteiger partial charge is 0.234 e. The predicted molar refractivity (Wildman–Crippen MR) is 86.6 cm³/mol. The molecular formula is C15H16F2N4O2S. The summed E-state index contributed by atoms with van der Waals surface area (Å²) < 4.78 is 33.2. The summed E-state index contributed by atoms with van der Waals surface area (Å²) >= 11 is 1.15. The molecule has 1 aromatic carbocycles. The molecule has 128 valence electrons. The maximum Gasteiger partial charge on any atom is 0.234 e. The van der Waals surface area contributed by atoms with E-state index in [1.54, 1.807) is 17.8 Å². The van der Waals surface area contributed by atoms with Gasteiger partial charge in [-0.3, -0.25) is 4.79 Å². The number of nitrogens with zero attached hydrogens (tertiary/aromatic N) is 3. The number of hydrogen-bond acceptors (Lipinski definition) is 5. The molecular weight excluding hydrogens is 338 g/mol. The van der Waals surface area contributed by atoms with Crippen molar-refractivity contribution >= 4 is 23.4 Å². The second-order valence-corrected chi connectivity index (χ2v) is 5.63. The van der Waals surface area contributed by atoms with Crippen LogP contribution in [0.2, 0.25) is 0 Å². The number of nitrogens with one attached hydrogen (secondary N) is 1. The number of carbonyl (C=O) groups excluding carboxylic acids is 1. The summed E-state index contributed by atoms with van der Waals surface area (Å²) in [5, 5.41) is 10.9. The number of benzene rings is 1. The first-order valence-corrected chi connectivity index (χ1v) is 7.93. The van der Waals surface area contributed by atoms with Crippen LogP contribution in [0.4, 0.5) is 14.5 Å². The fourth-order valence-corrected chi connectivity index (χ4v) is 2.65. The van der Waals surface area contributed by atoms with Crippen molar-refractivity contribution in [3.8, 4) is 0 Å². The fourth-order valence-electron chi connectivity index (χ4n) is 1.88. The van der Waals surface area contributed by atoms with Crippen molar-refractivity contribution in [3.63, 3.8) is 0 Å². The van der Waals surface area contributed by atoms with Crippen LogP contribution in [0, 0.1) is 11.6 Å². The van der Waals surface area contributed by atoms with Gasteiger partial charge in [0.15, 0.2) is 11.0 Å². The number of rotatable bonds is 8. The highest BCUT2D eigenvalue weighted by Crippen LogP contribution is 2.19. The number of hydrogen-bond donors (Lipinski definition) is 1. The summed E-state index contributed by atoms with van der Waals surface area (Å²) in [6.07, 6.45) is 1.68. The molecule has 0 unspecified atom stereocenters. The SMILES string of the molecule is C=CCn1c(COC)nnc1SCC(=O)Nc1ccc(F)cc1F. The highest BCUT2D eigenvalue weighted by atomic mass is 32.2. The van der Waals surface area contributed by atoms with Crippen LogP contribution >= 0.6 is 11.8 Å². The number of anilines is 1. The minimum atomic E-state index is -0.828. The van der Waals surface area contributed by atoms with E-state index in [1.165, 1.54) is 6.07 Å². The summed E-state index contributed by atoms with van der Waals surface area (Å²) in [6.45, 7) is 4.43. The molecule has 0 atom stereocenters. The van der Waals surface area contributed by atoms with Crippen LogP contribution < -0.4 is 5.32 Å². The van der Waals surface area contributed by atoms with Crippen LogP contribution in [0.1, 0.15) is 5.82 Å². The Kier molecular flexibility index (Phi) is 6.44. The lowest BCUT2D eigenvalue weighted by Crippen LogP contribution is -2.16. The number of ether oxygens (including phenoxy) is 1. The molecule has 6 nitrogen and oxygen atoms in total. The van der Waals surface area contributed by atoms with Crippen molar-refractivity contribution in [1.29, 1.82) is 0 Å². The lowest BCUT2D eigenvalue weighted by atomic mass is 10.3. The molecule has 2 aromatic rings. The van der Waals surface area contributed by atoms with Crippen LogP contribution in [-0.4, -0.2) is 33.5 Å². The molecule has 1 amide bonds. The van der Waals surface area contributed by atoms with Gasteiger partial charge in [0, 0.05) is 19.7 Å². The topological polar surface area (TPSA) is 69.0 Å². The number of halogens is 2. The van der Waals surface area contributed by atoms with Gasteiger partial charge in [0.25, 0.3) is 0 Å².